The van der Waals surface area contributed by atoms with E-state index in [-0.39, 0.29) is 5.91 Å². The predicted molar refractivity (Wildman–Crippen MR) is 70.1 cm³/mol. The number of para-hydroxylation sites is 1. The van der Waals surface area contributed by atoms with E-state index in [1.165, 1.54) is 0 Å². The second-order valence-corrected chi connectivity index (χ2v) is 4.75. The van der Waals surface area contributed by atoms with Crippen LogP contribution in [0.3, 0.4) is 0 Å². The highest BCUT2D eigenvalue weighted by molar-refractivity contribution is 5.98. The van der Waals surface area contributed by atoms with Crippen LogP contribution in [0.25, 0.3) is 10.9 Å². The standard InChI is InChI=1S/C14H18N2O/c1-10(2)9-15-14(17)13-8-11-6-4-5-7-12(11)16(13)3/h4-8,10H,9H2,1-3H3,(H,15,17). The van der Waals surface area contributed by atoms with Crippen LogP contribution in [0.4, 0.5) is 0 Å². The van der Waals surface area contributed by atoms with Gasteiger partial charge in [-0.2, -0.15) is 0 Å². The lowest BCUT2D eigenvalue weighted by atomic mass is 10.2. The lowest BCUT2D eigenvalue weighted by Crippen LogP contribution is -2.28. The van der Waals surface area contributed by atoms with Crippen molar-refractivity contribution in [2.75, 3.05) is 6.54 Å². The third-order valence-corrected chi connectivity index (χ3v) is 2.86. The Hall–Kier alpha value is -1.77. The van der Waals surface area contributed by atoms with Gasteiger partial charge in [0.1, 0.15) is 5.69 Å². The summed E-state index contributed by atoms with van der Waals surface area (Å²) in [7, 11) is 1.92. The Balaban J connectivity index is 2.29. The fourth-order valence-corrected chi connectivity index (χ4v) is 1.89. The maximum atomic E-state index is 12.0. The molecule has 1 aromatic carbocycles. The van der Waals surface area contributed by atoms with Gasteiger partial charge in [-0.3, -0.25) is 4.79 Å². The normalized spacial score (nSPS) is 11.1. The summed E-state index contributed by atoms with van der Waals surface area (Å²) < 4.78 is 1.94. The van der Waals surface area contributed by atoms with E-state index in [1.54, 1.807) is 0 Å². The highest BCUT2D eigenvalue weighted by Gasteiger charge is 2.12. The molecule has 3 heteroatoms. The van der Waals surface area contributed by atoms with Crippen molar-refractivity contribution in [3.8, 4) is 0 Å². The minimum Gasteiger partial charge on any atom is -0.351 e. The van der Waals surface area contributed by atoms with Gasteiger partial charge in [-0.25, -0.2) is 0 Å². The van der Waals surface area contributed by atoms with Crippen LogP contribution in [0, 0.1) is 5.92 Å². The van der Waals surface area contributed by atoms with Crippen molar-refractivity contribution in [2.24, 2.45) is 13.0 Å². The summed E-state index contributed by atoms with van der Waals surface area (Å²) in [6.07, 6.45) is 0. The van der Waals surface area contributed by atoms with E-state index in [2.05, 4.69) is 19.2 Å². The Morgan fingerprint density at radius 1 is 1.35 bits per heavy atom. The van der Waals surface area contributed by atoms with Crippen molar-refractivity contribution in [3.05, 3.63) is 36.0 Å². The Labute approximate surface area is 101 Å². The molecule has 90 valence electrons. The van der Waals surface area contributed by atoms with Crippen molar-refractivity contribution in [1.82, 2.24) is 9.88 Å². The second-order valence-electron chi connectivity index (χ2n) is 4.75. The molecule has 0 aliphatic rings. The number of hydrogen-bond donors (Lipinski definition) is 1. The minimum absolute atomic E-state index is 0.00241. The van der Waals surface area contributed by atoms with E-state index in [1.807, 2.05) is 41.9 Å². The number of carbonyl (C=O) groups excluding carboxylic acids is 1. The van der Waals surface area contributed by atoms with E-state index in [9.17, 15) is 4.79 Å². The van der Waals surface area contributed by atoms with Crippen molar-refractivity contribution in [1.29, 1.82) is 0 Å². The number of rotatable bonds is 3. The van der Waals surface area contributed by atoms with Crippen LogP contribution in [0.1, 0.15) is 24.3 Å². The molecule has 3 nitrogen and oxygen atoms in total. The van der Waals surface area contributed by atoms with Crippen LogP contribution in [0.2, 0.25) is 0 Å². The molecule has 1 heterocycles. The minimum atomic E-state index is -0.00241. The topological polar surface area (TPSA) is 34.0 Å². The van der Waals surface area contributed by atoms with E-state index in [0.29, 0.717) is 18.2 Å². The highest BCUT2D eigenvalue weighted by atomic mass is 16.1. The molecule has 0 bridgehead atoms. The first kappa shape index (κ1) is 11.7. The average molecular weight is 230 g/mol. The number of nitrogens with zero attached hydrogens (tertiary/aromatic N) is 1. The summed E-state index contributed by atoms with van der Waals surface area (Å²) in [6, 6.07) is 9.95. The van der Waals surface area contributed by atoms with Gasteiger partial charge in [-0.15, -0.1) is 0 Å². The lowest BCUT2D eigenvalue weighted by Gasteiger charge is -2.08. The fraction of sp³-hybridized carbons (Fsp3) is 0.357. The molecular weight excluding hydrogens is 212 g/mol. The average Bonchev–Trinajstić information content (AvgIpc) is 2.64. The summed E-state index contributed by atoms with van der Waals surface area (Å²) in [5.41, 5.74) is 1.80. The van der Waals surface area contributed by atoms with Gasteiger partial charge in [-0.05, 0) is 18.1 Å². The first-order valence-corrected chi connectivity index (χ1v) is 5.92. The number of aryl methyl sites for hydroxylation is 1. The molecule has 0 aliphatic heterocycles. The molecule has 1 aromatic heterocycles. The van der Waals surface area contributed by atoms with Gasteiger partial charge in [0.15, 0.2) is 0 Å². The van der Waals surface area contributed by atoms with E-state index in [0.717, 1.165) is 10.9 Å². The predicted octanol–water partition coefficient (Wildman–Crippen LogP) is 2.56. The second kappa shape index (κ2) is 4.62. The summed E-state index contributed by atoms with van der Waals surface area (Å²) in [6.45, 7) is 4.88. The van der Waals surface area contributed by atoms with Gasteiger partial charge in [0, 0.05) is 24.5 Å². The zero-order valence-corrected chi connectivity index (χ0v) is 10.5. The summed E-state index contributed by atoms with van der Waals surface area (Å²) in [5, 5.41) is 4.04. The highest BCUT2D eigenvalue weighted by Crippen LogP contribution is 2.18. The molecule has 17 heavy (non-hydrogen) atoms. The number of nitrogens with one attached hydrogen (secondary N) is 1. The van der Waals surface area contributed by atoms with Gasteiger partial charge in [0.05, 0.1) is 0 Å². The van der Waals surface area contributed by atoms with Crippen molar-refractivity contribution in [2.45, 2.75) is 13.8 Å². The van der Waals surface area contributed by atoms with E-state index < -0.39 is 0 Å². The Morgan fingerprint density at radius 3 is 2.71 bits per heavy atom. The van der Waals surface area contributed by atoms with Crippen LogP contribution in [-0.4, -0.2) is 17.0 Å². The number of hydrogen-bond acceptors (Lipinski definition) is 1. The first-order valence-electron chi connectivity index (χ1n) is 5.92. The summed E-state index contributed by atoms with van der Waals surface area (Å²) in [4.78, 5) is 12.0. The smallest absolute Gasteiger partial charge is 0.267 e. The van der Waals surface area contributed by atoms with E-state index in [4.69, 9.17) is 0 Å². The third kappa shape index (κ3) is 2.33. The quantitative estimate of drug-likeness (QED) is 0.864. The first-order chi connectivity index (χ1) is 8.09. The molecule has 0 aliphatic carbocycles. The van der Waals surface area contributed by atoms with Gasteiger partial charge in [-0.1, -0.05) is 32.0 Å². The molecule has 0 atom stereocenters. The Morgan fingerprint density at radius 2 is 2.06 bits per heavy atom. The molecule has 0 fully saturated rings. The van der Waals surface area contributed by atoms with Crippen LogP contribution < -0.4 is 5.32 Å². The monoisotopic (exact) mass is 230 g/mol. The Bertz CT molecular complexity index is 540. The number of fused-ring (bicyclic) bond motifs is 1. The van der Waals surface area contributed by atoms with Gasteiger partial charge in [0.2, 0.25) is 0 Å². The number of aromatic nitrogens is 1. The van der Waals surface area contributed by atoms with Crippen molar-refractivity contribution < 1.29 is 4.79 Å². The molecule has 0 spiro atoms. The molecule has 1 N–H and O–H groups in total. The zero-order chi connectivity index (χ0) is 12.4. The molecule has 2 aromatic rings. The van der Waals surface area contributed by atoms with Crippen molar-refractivity contribution in [3.63, 3.8) is 0 Å². The third-order valence-electron chi connectivity index (χ3n) is 2.86. The summed E-state index contributed by atoms with van der Waals surface area (Å²) in [5.74, 6) is 0.464. The van der Waals surface area contributed by atoms with E-state index >= 15 is 0 Å². The van der Waals surface area contributed by atoms with Gasteiger partial charge < -0.3 is 9.88 Å². The van der Waals surface area contributed by atoms with Gasteiger partial charge in [0.25, 0.3) is 5.91 Å². The molecule has 0 unspecified atom stereocenters. The molecule has 1 amide bonds. The van der Waals surface area contributed by atoms with Crippen LogP contribution in [0.15, 0.2) is 30.3 Å². The van der Waals surface area contributed by atoms with Crippen molar-refractivity contribution >= 4 is 16.8 Å². The largest absolute Gasteiger partial charge is 0.351 e. The molecule has 0 saturated carbocycles. The number of benzene rings is 1. The zero-order valence-electron chi connectivity index (χ0n) is 10.5. The lowest BCUT2D eigenvalue weighted by molar-refractivity contribution is 0.0941. The van der Waals surface area contributed by atoms with Crippen LogP contribution in [-0.2, 0) is 7.05 Å². The van der Waals surface area contributed by atoms with Crippen LogP contribution >= 0.6 is 0 Å². The Kier molecular flexibility index (Phi) is 3.18. The maximum Gasteiger partial charge on any atom is 0.267 e. The molecule has 2 rings (SSSR count). The fourth-order valence-electron chi connectivity index (χ4n) is 1.89. The number of carbonyl (C=O) groups is 1. The molecule has 0 saturated heterocycles. The summed E-state index contributed by atoms with van der Waals surface area (Å²) >= 11 is 0. The van der Waals surface area contributed by atoms with Crippen LogP contribution in [0.5, 0.6) is 0 Å². The van der Waals surface area contributed by atoms with Gasteiger partial charge >= 0.3 is 0 Å². The SMILES string of the molecule is CC(C)CNC(=O)c1cc2ccccc2n1C. The molecule has 0 radical (unpaired) electrons. The number of amides is 1. The maximum absolute atomic E-state index is 12.0. The molecular formula is C14H18N2O.